The van der Waals surface area contributed by atoms with E-state index in [0.29, 0.717) is 5.82 Å². The molecule has 21 heavy (non-hydrogen) atoms. The molecule has 0 bridgehead atoms. The van der Waals surface area contributed by atoms with Crippen molar-refractivity contribution in [3.05, 3.63) is 65.2 Å². The maximum Gasteiger partial charge on any atom is 0.173 e. The molecule has 0 unspecified atom stereocenters. The molecule has 3 aromatic rings. The quantitative estimate of drug-likeness (QED) is 0.690. The topological polar surface area (TPSA) is 34.9 Å². The second-order valence-electron chi connectivity index (χ2n) is 5.16. The van der Waals surface area contributed by atoms with Crippen LogP contribution in [0, 0.1) is 12.7 Å². The van der Waals surface area contributed by atoms with Gasteiger partial charge in [-0.2, -0.15) is 0 Å². The molecule has 0 saturated heterocycles. The Hall–Kier alpha value is -2.49. The van der Waals surface area contributed by atoms with E-state index in [2.05, 4.69) is 4.98 Å². The van der Waals surface area contributed by atoms with Gasteiger partial charge in [-0.1, -0.05) is 18.2 Å². The first-order valence-corrected chi connectivity index (χ1v) is 6.76. The number of aryl methyl sites for hydroxylation is 2. The van der Waals surface area contributed by atoms with Gasteiger partial charge in [0.15, 0.2) is 5.78 Å². The van der Waals surface area contributed by atoms with Crippen molar-refractivity contribution in [1.82, 2.24) is 9.55 Å². The number of hydrogen-bond donors (Lipinski definition) is 0. The fraction of sp³-hybridized carbons (Fsp3) is 0.176. The molecule has 106 valence electrons. The molecule has 1 aromatic heterocycles. The van der Waals surface area contributed by atoms with Gasteiger partial charge in [0.1, 0.15) is 11.6 Å². The van der Waals surface area contributed by atoms with Crippen molar-refractivity contribution in [2.45, 2.75) is 13.3 Å². The van der Waals surface area contributed by atoms with E-state index in [1.165, 1.54) is 12.1 Å². The average Bonchev–Trinajstić information content (AvgIpc) is 2.76. The summed E-state index contributed by atoms with van der Waals surface area (Å²) in [6, 6.07) is 12.3. The lowest BCUT2D eigenvalue weighted by Gasteiger charge is -2.04. The van der Waals surface area contributed by atoms with Gasteiger partial charge < -0.3 is 4.57 Å². The van der Waals surface area contributed by atoms with Crippen molar-refractivity contribution in [2.24, 2.45) is 7.05 Å². The van der Waals surface area contributed by atoms with Crippen molar-refractivity contribution in [1.29, 1.82) is 0 Å². The summed E-state index contributed by atoms with van der Waals surface area (Å²) in [5, 5.41) is 0. The minimum Gasteiger partial charge on any atom is -0.331 e. The summed E-state index contributed by atoms with van der Waals surface area (Å²) in [4.78, 5) is 16.7. The predicted molar refractivity (Wildman–Crippen MR) is 79.9 cm³/mol. The van der Waals surface area contributed by atoms with Crippen LogP contribution in [0.15, 0.2) is 42.5 Å². The number of carbonyl (C=O) groups excluding carboxylic acids is 1. The molecule has 0 fully saturated rings. The van der Waals surface area contributed by atoms with Gasteiger partial charge in [0.25, 0.3) is 0 Å². The normalized spacial score (nSPS) is 11.0. The number of halogens is 1. The highest BCUT2D eigenvalue weighted by Crippen LogP contribution is 2.17. The van der Waals surface area contributed by atoms with Crippen molar-refractivity contribution < 1.29 is 9.18 Å². The van der Waals surface area contributed by atoms with Crippen molar-refractivity contribution in [3.8, 4) is 0 Å². The van der Waals surface area contributed by atoms with Gasteiger partial charge in [0.2, 0.25) is 0 Å². The third-order valence-electron chi connectivity index (χ3n) is 3.62. The lowest BCUT2D eigenvalue weighted by Crippen LogP contribution is -2.10. The van der Waals surface area contributed by atoms with Gasteiger partial charge in [0.05, 0.1) is 23.0 Å². The number of hydrogen-bond acceptors (Lipinski definition) is 2. The van der Waals surface area contributed by atoms with Crippen LogP contribution in [0.5, 0.6) is 0 Å². The summed E-state index contributed by atoms with van der Waals surface area (Å²) in [5.41, 5.74) is 2.72. The molecule has 0 aliphatic carbocycles. The van der Waals surface area contributed by atoms with Gasteiger partial charge in [-0.05, 0) is 36.8 Å². The zero-order chi connectivity index (χ0) is 15.0. The Kier molecular flexibility index (Phi) is 3.29. The maximum absolute atomic E-state index is 13.9. The van der Waals surface area contributed by atoms with E-state index in [-0.39, 0.29) is 17.8 Å². The van der Waals surface area contributed by atoms with E-state index in [9.17, 15) is 9.18 Å². The van der Waals surface area contributed by atoms with Gasteiger partial charge in [-0.15, -0.1) is 0 Å². The molecule has 1 heterocycles. The van der Waals surface area contributed by atoms with Crippen LogP contribution in [0.1, 0.15) is 21.7 Å². The van der Waals surface area contributed by atoms with Crippen LogP contribution >= 0.6 is 0 Å². The molecule has 3 rings (SSSR count). The Balaban J connectivity index is 1.94. The highest BCUT2D eigenvalue weighted by atomic mass is 19.1. The number of aromatic nitrogens is 2. The third kappa shape index (κ3) is 2.44. The van der Waals surface area contributed by atoms with Crippen LogP contribution in [0.25, 0.3) is 11.0 Å². The fourth-order valence-electron chi connectivity index (χ4n) is 2.44. The number of imidazole rings is 1. The van der Waals surface area contributed by atoms with Crippen molar-refractivity contribution >= 4 is 16.8 Å². The number of rotatable bonds is 3. The number of benzene rings is 2. The molecule has 0 atom stereocenters. The summed E-state index contributed by atoms with van der Waals surface area (Å²) in [6.07, 6.45) is 0.0885. The summed E-state index contributed by atoms with van der Waals surface area (Å²) < 4.78 is 15.7. The van der Waals surface area contributed by atoms with Gasteiger partial charge >= 0.3 is 0 Å². The number of carbonyl (C=O) groups is 1. The smallest absolute Gasteiger partial charge is 0.173 e. The average molecular weight is 282 g/mol. The first kappa shape index (κ1) is 13.5. The zero-order valence-corrected chi connectivity index (χ0v) is 11.9. The van der Waals surface area contributed by atoms with Gasteiger partial charge in [0, 0.05) is 7.05 Å². The molecule has 0 spiro atoms. The highest BCUT2D eigenvalue weighted by Gasteiger charge is 2.16. The minimum absolute atomic E-state index is 0.0885. The molecule has 4 heteroatoms. The molecule has 3 nitrogen and oxygen atoms in total. The Morgan fingerprint density at radius 3 is 2.71 bits per heavy atom. The molecule has 0 saturated carbocycles. The summed E-state index contributed by atoms with van der Waals surface area (Å²) >= 11 is 0. The number of Topliss-reactive ketones (excluding diaryl/α,β-unsaturated/α-hetero) is 1. The molecule has 0 amide bonds. The van der Waals surface area contributed by atoms with Crippen LogP contribution in [-0.4, -0.2) is 15.3 Å². The van der Waals surface area contributed by atoms with Crippen LogP contribution in [0.3, 0.4) is 0 Å². The molecule has 0 radical (unpaired) electrons. The summed E-state index contributed by atoms with van der Waals surface area (Å²) in [6.45, 7) is 1.79. The van der Waals surface area contributed by atoms with E-state index in [1.54, 1.807) is 13.0 Å². The SMILES string of the molecule is Cc1ccc(C(=O)Cc2nc3ccccc3n2C)c(F)c1. The van der Waals surface area contributed by atoms with Gasteiger partial charge in [-0.25, -0.2) is 9.37 Å². The largest absolute Gasteiger partial charge is 0.331 e. The summed E-state index contributed by atoms with van der Waals surface area (Å²) in [7, 11) is 1.86. The highest BCUT2D eigenvalue weighted by molar-refractivity contribution is 5.97. The van der Waals surface area contributed by atoms with Crippen LogP contribution in [0.4, 0.5) is 4.39 Å². The standard InChI is InChI=1S/C17H15FN2O/c1-11-7-8-12(13(18)9-11)16(21)10-17-19-14-5-3-4-6-15(14)20(17)2/h3-9H,10H2,1-2H3. The van der Waals surface area contributed by atoms with E-state index in [4.69, 9.17) is 0 Å². The Morgan fingerprint density at radius 1 is 1.24 bits per heavy atom. The van der Waals surface area contributed by atoms with Crippen LogP contribution in [0.2, 0.25) is 0 Å². The zero-order valence-electron chi connectivity index (χ0n) is 11.9. The van der Waals surface area contributed by atoms with E-state index in [1.807, 2.05) is 35.9 Å². The maximum atomic E-state index is 13.9. The third-order valence-corrected chi connectivity index (χ3v) is 3.62. The molecule has 0 aliphatic rings. The second kappa shape index (κ2) is 5.13. The number of fused-ring (bicyclic) bond motifs is 1. The van der Waals surface area contributed by atoms with Crippen LogP contribution < -0.4 is 0 Å². The number of ketones is 1. The van der Waals surface area contributed by atoms with Crippen molar-refractivity contribution in [2.75, 3.05) is 0 Å². The lowest BCUT2D eigenvalue weighted by atomic mass is 10.1. The van der Waals surface area contributed by atoms with E-state index < -0.39 is 5.82 Å². The Bertz CT molecular complexity index is 836. The number of para-hydroxylation sites is 2. The monoisotopic (exact) mass is 282 g/mol. The van der Waals surface area contributed by atoms with Gasteiger partial charge in [-0.3, -0.25) is 4.79 Å². The first-order chi connectivity index (χ1) is 10.1. The minimum atomic E-state index is -0.473. The van der Waals surface area contributed by atoms with Crippen molar-refractivity contribution in [3.63, 3.8) is 0 Å². The molecular formula is C17H15FN2O. The number of nitrogens with zero attached hydrogens (tertiary/aromatic N) is 2. The van der Waals surface area contributed by atoms with E-state index >= 15 is 0 Å². The van der Waals surface area contributed by atoms with E-state index in [0.717, 1.165) is 16.6 Å². The van der Waals surface area contributed by atoms with Crippen LogP contribution in [-0.2, 0) is 13.5 Å². The molecular weight excluding hydrogens is 267 g/mol. The molecule has 0 N–H and O–H groups in total. The predicted octanol–water partition coefficient (Wildman–Crippen LogP) is 3.45. The molecule has 0 aliphatic heterocycles. The lowest BCUT2D eigenvalue weighted by molar-refractivity contribution is 0.0986. The first-order valence-electron chi connectivity index (χ1n) is 6.76. The second-order valence-corrected chi connectivity index (χ2v) is 5.16. The fourth-order valence-corrected chi connectivity index (χ4v) is 2.44. The Labute approximate surface area is 122 Å². The molecule has 2 aromatic carbocycles. The Morgan fingerprint density at radius 2 is 2.00 bits per heavy atom. The summed E-state index contributed by atoms with van der Waals surface area (Å²) in [5.74, 6) is -0.0918.